The lowest BCUT2D eigenvalue weighted by molar-refractivity contribution is 0.310. The number of nitrogens with zero attached hydrogens (tertiary/aromatic N) is 2. The Bertz CT molecular complexity index is 419. The third-order valence-electron chi connectivity index (χ3n) is 1.78. The number of hydrogen-bond donors (Lipinski definition) is 0. The van der Waals surface area contributed by atoms with Crippen LogP contribution in [0.4, 0.5) is 0 Å². The summed E-state index contributed by atoms with van der Waals surface area (Å²) < 4.78 is 5.43. The van der Waals surface area contributed by atoms with Crippen molar-refractivity contribution in [2.24, 2.45) is 0 Å². The van der Waals surface area contributed by atoms with Crippen LogP contribution in [0.25, 0.3) is 0 Å². The van der Waals surface area contributed by atoms with Gasteiger partial charge >= 0.3 is 0 Å². The highest BCUT2D eigenvalue weighted by molar-refractivity contribution is 7.09. The first kappa shape index (κ1) is 10.4. The molecule has 0 aromatic carbocycles. The third-order valence-corrected chi connectivity index (χ3v) is 2.90. The van der Waals surface area contributed by atoms with Gasteiger partial charge in [0.05, 0.1) is 6.61 Å². The molecule has 0 bridgehead atoms. The molecule has 0 fully saturated rings. The van der Waals surface area contributed by atoms with Crippen LogP contribution in [0.3, 0.4) is 0 Å². The maximum Gasteiger partial charge on any atom is 0.225 e. The predicted octanol–water partition coefficient (Wildman–Crippen LogP) is 2.81. The fourth-order valence-electron chi connectivity index (χ4n) is 1.11. The Balaban J connectivity index is 1.83. The minimum atomic E-state index is 0.212. The van der Waals surface area contributed by atoms with E-state index in [0.29, 0.717) is 12.5 Å². The molecular formula is C10H9ClN2OS. The predicted molar refractivity (Wildman–Crippen MR) is 60.6 cm³/mol. The highest BCUT2D eigenvalue weighted by Crippen LogP contribution is 2.11. The molecule has 0 unspecified atom stereocenters. The highest BCUT2D eigenvalue weighted by atomic mass is 35.5. The Morgan fingerprint density at radius 1 is 1.40 bits per heavy atom. The van der Waals surface area contributed by atoms with E-state index in [1.54, 1.807) is 23.6 Å². The van der Waals surface area contributed by atoms with Gasteiger partial charge in [-0.15, -0.1) is 11.3 Å². The summed E-state index contributed by atoms with van der Waals surface area (Å²) in [4.78, 5) is 9.00. The fraction of sp³-hybridized carbons (Fsp3) is 0.200. The molecule has 0 aliphatic rings. The van der Waals surface area contributed by atoms with Gasteiger partial charge in [0.1, 0.15) is 0 Å². The van der Waals surface area contributed by atoms with Gasteiger partial charge in [0.25, 0.3) is 0 Å². The summed E-state index contributed by atoms with van der Waals surface area (Å²) in [6, 6.07) is 5.81. The zero-order valence-electron chi connectivity index (χ0n) is 7.89. The number of aromatic nitrogens is 2. The molecule has 2 rings (SSSR count). The van der Waals surface area contributed by atoms with Crippen LogP contribution in [-0.2, 0) is 6.42 Å². The fourth-order valence-corrected chi connectivity index (χ4v) is 1.94. The van der Waals surface area contributed by atoms with Crippen LogP contribution in [-0.4, -0.2) is 16.6 Å². The van der Waals surface area contributed by atoms with Crippen molar-refractivity contribution in [3.63, 3.8) is 0 Å². The smallest absolute Gasteiger partial charge is 0.225 e. The number of thiophene rings is 1. The van der Waals surface area contributed by atoms with Crippen molar-refractivity contribution in [1.29, 1.82) is 0 Å². The molecule has 2 aromatic rings. The van der Waals surface area contributed by atoms with Crippen LogP contribution >= 0.6 is 22.9 Å². The second-order valence-electron chi connectivity index (χ2n) is 2.84. The normalized spacial score (nSPS) is 10.2. The molecule has 2 heterocycles. The first-order valence-electron chi connectivity index (χ1n) is 4.48. The standard InChI is InChI=1S/C10H9ClN2OS/c11-10-12-5-3-9(13-10)14-6-4-8-2-1-7-15-8/h1-3,5,7H,4,6H2. The summed E-state index contributed by atoms with van der Waals surface area (Å²) in [5.41, 5.74) is 0. The van der Waals surface area contributed by atoms with Gasteiger partial charge in [-0.3, -0.25) is 0 Å². The number of halogens is 1. The van der Waals surface area contributed by atoms with Gasteiger partial charge < -0.3 is 4.74 Å². The zero-order chi connectivity index (χ0) is 10.5. The van der Waals surface area contributed by atoms with Crippen molar-refractivity contribution in [3.8, 4) is 5.88 Å². The lowest BCUT2D eigenvalue weighted by Crippen LogP contribution is -2.01. The molecule has 3 nitrogen and oxygen atoms in total. The van der Waals surface area contributed by atoms with Gasteiger partial charge in [-0.1, -0.05) is 6.07 Å². The SMILES string of the molecule is Clc1nccc(OCCc2cccs2)n1. The second kappa shape index (κ2) is 5.09. The van der Waals surface area contributed by atoms with E-state index >= 15 is 0 Å². The summed E-state index contributed by atoms with van der Waals surface area (Å²) in [7, 11) is 0. The van der Waals surface area contributed by atoms with Crippen LogP contribution in [0.1, 0.15) is 4.88 Å². The van der Waals surface area contributed by atoms with E-state index in [1.807, 2.05) is 6.07 Å². The van der Waals surface area contributed by atoms with Crippen LogP contribution < -0.4 is 4.74 Å². The second-order valence-corrected chi connectivity index (χ2v) is 4.21. The van der Waals surface area contributed by atoms with Crippen molar-refractivity contribution >= 4 is 22.9 Å². The number of hydrogen-bond acceptors (Lipinski definition) is 4. The first-order chi connectivity index (χ1) is 7.34. The molecule has 0 amide bonds. The summed E-state index contributed by atoms with van der Waals surface area (Å²) in [6.07, 6.45) is 2.47. The van der Waals surface area contributed by atoms with Crippen molar-refractivity contribution < 1.29 is 4.74 Å². The van der Waals surface area contributed by atoms with Crippen molar-refractivity contribution in [2.75, 3.05) is 6.61 Å². The lowest BCUT2D eigenvalue weighted by atomic mass is 10.4. The molecule has 15 heavy (non-hydrogen) atoms. The molecule has 0 saturated heterocycles. The van der Waals surface area contributed by atoms with Crippen molar-refractivity contribution in [2.45, 2.75) is 6.42 Å². The van der Waals surface area contributed by atoms with E-state index in [-0.39, 0.29) is 5.28 Å². The van der Waals surface area contributed by atoms with Crippen LogP contribution in [0, 0.1) is 0 Å². The van der Waals surface area contributed by atoms with Gasteiger partial charge in [-0.05, 0) is 23.0 Å². The van der Waals surface area contributed by atoms with Gasteiger partial charge in [0.2, 0.25) is 11.2 Å². The topological polar surface area (TPSA) is 35.0 Å². The number of rotatable bonds is 4. The largest absolute Gasteiger partial charge is 0.477 e. The Morgan fingerprint density at radius 2 is 2.33 bits per heavy atom. The maximum atomic E-state index is 5.62. The third kappa shape index (κ3) is 3.18. The Hall–Kier alpha value is -1.13. The zero-order valence-corrected chi connectivity index (χ0v) is 9.46. The van der Waals surface area contributed by atoms with E-state index in [9.17, 15) is 0 Å². The highest BCUT2D eigenvalue weighted by Gasteiger charge is 1.98. The van der Waals surface area contributed by atoms with E-state index in [1.165, 1.54) is 4.88 Å². The Labute approximate surface area is 96.7 Å². The van der Waals surface area contributed by atoms with Crippen LogP contribution in [0.2, 0.25) is 5.28 Å². The van der Waals surface area contributed by atoms with Gasteiger partial charge in [0.15, 0.2) is 0 Å². The van der Waals surface area contributed by atoms with E-state index in [2.05, 4.69) is 21.4 Å². The summed E-state index contributed by atoms with van der Waals surface area (Å²) in [6.45, 7) is 0.605. The first-order valence-corrected chi connectivity index (χ1v) is 5.74. The molecule has 0 saturated carbocycles. The average Bonchev–Trinajstić information content (AvgIpc) is 2.71. The molecule has 0 aliphatic heterocycles. The summed E-state index contributed by atoms with van der Waals surface area (Å²) >= 11 is 7.35. The van der Waals surface area contributed by atoms with E-state index in [4.69, 9.17) is 16.3 Å². The van der Waals surface area contributed by atoms with Crippen molar-refractivity contribution in [1.82, 2.24) is 9.97 Å². The summed E-state index contributed by atoms with van der Waals surface area (Å²) in [5.74, 6) is 0.520. The Morgan fingerprint density at radius 3 is 3.07 bits per heavy atom. The quantitative estimate of drug-likeness (QED) is 0.771. The molecule has 5 heteroatoms. The molecule has 0 spiro atoms. The maximum absolute atomic E-state index is 5.62. The molecule has 0 radical (unpaired) electrons. The number of ether oxygens (including phenoxy) is 1. The van der Waals surface area contributed by atoms with Gasteiger partial charge in [-0.25, -0.2) is 4.98 Å². The molecule has 0 N–H and O–H groups in total. The van der Waals surface area contributed by atoms with Gasteiger partial charge in [-0.2, -0.15) is 4.98 Å². The molecule has 2 aromatic heterocycles. The molecule has 0 aliphatic carbocycles. The summed E-state index contributed by atoms with van der Waals surface area (Å²) in [5, 5.41) is 2.26. The molecular weight excluding hydrogens is 232 g/mol. The minimum Gasteiger partial charge on any atom is -0.477 e. The molecule has 0 atom stereocenters. The molecule has 78 valence electrons. The monoisotopic (exact) mass is 240 g/mol. The van der Waals surface area contributed by atoms with E-state index in [0.717, 1.165) is 6.42 Å². The average molecular weight is 241 g/mol. The minimum absolute atomic E-state index is 0.212. The van der Waals surface area contributed by atoms with Crippen molar-refractivity contribution in [3.05, 3.63) is 39.9 Å². The van der Waals surface area contributed by atoms with E-state index < -0.39 is 0 Å². The van der Waals surface area contributed by atoms with Crippen LogP contribution in [0.15, 0.2) is 29.8 Å². The Kier molecular flexibility index (Phi) is 3.53. The van der Waals surface area contributed by atoms with Gasteiger partial charge in [0, 0.05) is 23.6 Å². The lowest BCUT2D eigenvalue weighted by Gasteiger charge is -2.03. The van der Waals surface area contributed by atoms with Crippen LogP contribution in [0.5, 0.6) is 5.88 Å².